The van der Waals surface area contributed by atoms with Crippen molar-refractivity contribution in [3.05, 3.63) is 66.6 Å². The van der Waals surface area contributed by atoms with E-state index in [-0.39, 0.29) is 10.8 Å². The van der Waals surface area contributed by atoms with Crippen LogP contribution in [0, 0.1) is 11.6 Å². The number of halogens is 5. The first-order valence-corrected chi connectivity index (χ1v) is 13.8. The van der Waals surface area contributed by atoms with Crippen LogP contribution in [0.15, 0.2) is 59.9 Å². The lowest BCUT2D eigenvalue weighted by molar-refractivity contribution is -0.192. The van der Waals surface area contributed by atoms with Gasteiger partial charge in [0.15, 0.2) is 0 Å². The van der Waals surface area contributed by atoms with Crippen LogP contribution >= 0.6 is 0 Å². The minimum absolute atomic E-state index is 0.167. The number of carboxylic acids is 1. The van der Waals surface area contributed by atoms with Crippen LogP contribution in [0.5, 0.6) is 5.88 Å². The van der Waals surface area contributed by atoms with Gasteiger partial charge in [0.25, 0.3) is 10.0 Å². The third kappa shape index (κ3) is 7.42. The first kappa shape index (κ1) is 31.3. The van der Waals surface area contributed by atoms with E-state index in [1.54, 1.807) is 0 Å². The number of carbonyl (C=O) groups is 1. The quantitative estimate of drug-likeness (QED) is 0.270. The van der Waals surface area contributed by atoms with Crippen molar-refractivity contribution in [1.29, 1.82) is 0 Å². The van der Waals surface area contributed by atoms with Gasteiger partial charge in [-0.15, -0.1) is 0 Å². The summed E-state index contributed by atoms with van der Waals surface area (Å²) in [5.74, 6) is -3.99. The average molecular weight is 627 g/mol. The maximum atomic E-state index is 14.1. The Kier molecular flexibility index (Phi) is 9.24. The molecule has 17 heteroatoms. The van der Waals surface area contributed by atoms with Gasteiger partial charge in [-0.1, -0.05) is 6.07 Å². The summed E-state index contributed by atoms with van der Waals surface area (Å²) in [6.45, 7) is 3.29. The zero-order chi connectivity index (χ0) is 31.4. The van der Waals surface area contributed by atoms with Gasteiger partial charge in [-0.25, -0.2) is 36.9 Å². The number of rotatable bonds is 6. The summed E-state index contributed by atoms with van der Waals surface area (Å²) in [6, 6.07) is 9.49. The van der Waals surface area contributed by atoms with Crippen LogP contribution in [0.2, 0.25) is 0 Å². The highest BCUT2D eigenvalue weighted by Gasteiger charge is 2.38. The molecule has 1 fully saturated rings. The van der Waals surface area contributed by atoms with Gasteiger partial charge in [-0.3, -0.25) is 4.72 Å². The van der Waals surface area contributed by atoms with Crippen molar-refractivity contribution >= 4 is 38.4 Å². The van der Waals surface area contributed by atoms with Gasteiger partial charge < -0.3 is 20.1 Å². The Morgan fingerprint density at radius 1 is 1.02 bits per heavy atom. The number of nitrogens with one attached hydrogen (secondary N) is 2. The van der Waals surface area contributed by atoms with Gasteiger partial charge in [0.1, 0.15) is 28.7 Å². The van der Waals surface area contributed by atoms with E-state index in [0.717, 1.165) is 55.0 Å². The van der Waals surface area contributed by atoms with E-state index in [0.29, 0.717) is 17.2 Å². The van der Waals surface area contributed by atoms with Crippen molar-refractivity contribution < 1.29 is 45.0 Å². The summed E-state index contributed by atoms with van der Waals surface area (Å²) in [7, 11) is -3.05. The molecule has 0 saturated carbocycles. The van der Waals surface area contributed by atoms with Gasteiger partial charge in [0.2, 0.25) is 5.88 Å². The van der Waals surface area contributed by atoms with Crippen molar-refractivity contribution in [1.82, 2.24) is 20.3 Å². The molecule has 2 aromatic carbocycles. The average Bonchev–Trinajstić information content (AvgIpc) is 2.98. The van der Waals surface area contributed by atoms with Crippen LogP contribution in [0.4, 0.5) is 33.5 Å². The number of nitrogens with zero attached hydrogens (tertiary/aromatic N) is 4. The summed E-state index contributed by atoms with van der Waals surface area (Å²) >= 11 is 0. The number of hydrogen-bond acceptors (Lipinski definition) is 9. The van der Waals surface area contributed by atoms with Crippen molar-refractivity contribution in [2.75, 3.05) is 42.9 Å². The monoisotopic (exact) mass is 626 g/mol. The molecule has 0 atom stereocenters. The first-order valence-electron chi connectivity index (χ1n) is 12.3. The highest BCUT2D eigenvalue weighted by Crippen LogP contribution is 2.33. The number of fused-ring (bicyclic) bond motifs is 1. The Hall–Kier alpha value is -4.64. The van der Waals surface area contributed by atoms with Gasteiger partial charge in [-0.2, -0.15) is 13.2 Å². The number of carboxylic acid groups (broad SMARTS) is 1. The maximum absolute atomic E-state index is 14.1. The van der Waals surface area contributed by atoms with Crippen molar-refractivity contribution in [2.45, 2.75) is 11.1 Å². The maximum Gasteiger partial charge on any atom is 0.490 e. The Bertz CT molecular complexity index is 1750. The predicted octanol–water partition coefficient (Wildman–Crippen LogP) is 3.82. The van der Waals surface area contributed by atoms with Gasteiger partial charge in [0.05, 0.1) is 18.3 Å². The van der Waals surface area contributed by atoms with E-state index in [4.69, 9.17) is 14.6 Å². The Labute approximate surface area is 241 Å². The SMILES string of the molecule is COc1ncc(-c2ccc3ncnc(N4CCNCC4)c3c2)cc1S(=O)(=O)Nc1ccc(F)cc1F.O=C(O)C(F)(F)F. The van der Waals surface area contributed by atoms with Crippen LogP contribution in [-0.2, 0) is 14.8 Å². The number of piperazine rings is 1. The van der Waals surface area contributed by atoms with E-state index in [1.165, 1.54) is 25.7 Å². The number of aliphatic carboxylic acids is 1. The highest BCUT2D eigenvalue weighted by molar-refractivity contribution is 7.92. The molecule has 1 saturated heterocycles. The summed E-state index contributed by atoms with van der Waals surface area (Å²) in [5, 5.41) is 11.3. The van der Waals surface area contributed by atoms with E-state index < -0.39 is 39.5 Å². The predicted molar refractivity (Wildman–Crippen MR) is 145 cm³/mol. The van der Waals surface area contributed by atoms with Crippen molar-refractivity contribution in [2.24, 2.45) is 0 Å². The molecule has 0 unspecified atom stereocenters. The van der Waals surface area contributed by atoms with Crippen molar-refractivity contribution in [3.8, 4) is 17.0 Å². The lowest BCUT2D eigenvalue weighted by atomic mass is 10.0. The molecule has 1 aliphatic heterocycles. The highest BCUT2D eigenvalue weighted by atomic mass is 32.2. The van der Waals surface area contributed by atoms with Gasteiger partial charge in [0, 0.05) is 49.4 Å². The van der Waals surface area contributed by atoms with Crippen LogP contribution in [0.1, 0.15) is 0 Å². The number of alkyl halides is 3. The number of benzene rings is 2. The molecular weight excluding hydrogens is 603 g/mol. The van der Waals surface area contributed by atoms with E-state index in [1.807, 2.05) is 18.2 Å². The largest absolute Gasteiger partial charge is 0.490 e. The topological polar surface area (TPSA) is 147 Å². The number of sulfonamides is 1. The van der Waals surface area contributed by atoms with Gasteiger partial charge >= 0.3 is 12.1 Å². The molecule has 0 spiro atoms. The summed E-state index contributed by atoms with van der Waals surface area (Å²) < 4.78 is 92.7. The second kappa shape index (κ2) is 12.7. The fraction of sp³-hybridized carbons (Fsp3) is 0.231. The zero-order valence-corrected chi connectivity index (χ0v) is 23.0. The Balaban J connectivity index is 0.000000541. The zero-order valence-electron chi connectivity index (χ0n) is 22.2. The summed E-state index contributed by atoms with van der Waals surface area (Å²) in [6.07, 6.45) is -2.06. The van der Waals surface area contributed by atoms with Crippen LogP contribution in [0.3, 0.4) is 0 Å². The number of aromatic nitrogens is 3. The van der Waals surface area contributed by atoms with Gasteiger partial charge in [-0.05, 0) is 35.9 Å². The normalized spacial score (nSPS) is 13.7. The number of anilines is 2. The summed E-state index contributed by atoms with van der Waals surface area (Å²) in [4.78, 5) is 23.8. The minimum atomic E-state index is -5.08. The number of ether oxygens (including phenoxy) is 1. The number of methoxy groups -OCH3 is 1. The Morgan fingerprint density at radius 2 is 1.72 bits per heavy atom. The number of pyridine rings is 1. The molecule has 3 N–H and O–H groups in total. The molecule has 0 radical (unpaired) electrons. The second-order valence-corrected chi connectivity index (χ2v) is 10.6. The van der Waals surface area contributed by atoms with E-state index in [2.05, 4.69) is 29.9 Å². The fourth-order valence-corrected chi connectivity index (χ4v) is 5.27. The lowest BCUT2D eigenvalue weighted by Gasteiger charge is -2.29. The van der Waals surface area contributed by atoms with Crippen LogP contribution in [-0.4, -0.2) is 73.9 Å². The standard InChI is InChI=1S/C24H22F2N6O3S.C2HF3O2/c1-35-24-22(36(33,34)31-21-5-3-17(25)12-19(21)26)11-16(13-28-24)15-2-4-20-18(10-15)23(30-14-29-20)32-8-6-27-7-9-32;3-2(4,5)1(6)7/h2-5,10-14,27,31H,6-9H2,1H3;(H,6,7). The molecule has 4 aromatic rings. The molecule has 2 aromatic heterocycles. The molecule has 0 bridgehead atoms. The molecule has 228 valence electrons. The summed E-state index contributed by atoms with van der Waals surface area (Å²) in [5.41, 5.74) is 1.54. The van der Waals surface area contributed by atoms with Crippen LogP contribution in [0.25, 0.3) is 22.0 Å². The third-order valence-corrected chi connectivity index (χ3v) is 7.44. The minimum Gasteiger partial charge on any atom is -0.480 e. The molecule has 43 heavy (non-hydrogen) atoms. The third-order valence-electron chi connectivity index (χ3n) is 6.08. The Morgan fingerprint density at radius 3 is 2.35 bits per heavy atom. The second-order valence-electron chi connectivity index (χ2n) is 8.93. The molecule has 3 heterocycles. The molecule has 11 nitrogen and oxygen atoms in total. The molecule has 1 aliphatic rings. The van der Waals surface area contributed by atoms with E-state index >= 15 is 0 Å². The van der Waals surface area contributed by atoms with Crippen LogP contribution < -0.4 is 19.7 Å². The fourth-order valence-electron chi connectivity index (χ4n) is 4.06. The van der Waals surface area contributed by atoms with Crippen molar-refractivity contribution in [3.63, 3.8) is 0 Å². The molecule has 0 amide bonds. The molecule has 5 rings (SSSR count). The lowest BCUT2D eigenvalue weighted by Crippen LogP contribution is -2.44. The molecular formula is C26H23F5N6O5S. The smallest absolute Gasteiger partial charge is 0.480 e. The molecule has 0 aliphatic carbocycles. The first-order chi connectivity index (χ1) is 20.3. The van der Waals surface area contributed by atoms with E-state index in [9.17, 15) is 30.4 Å². The number of hydrogen-bond donors (Lipinski definition) is 3.